The van der Waals surface area contributed by atoms with Crippen LogP contribution in [-0.2, 0) is 14.8 Å². The molecule has 0 aliphatic rings. The molecule has 3 rings (SSSR count). The number of benzene rings is 3. The lowest BCUT2D eigenvalue weighted by Crippen LogP contribution is -2.42. The summed E-state index contributed by atoms with van der Waals surface area (Å²) in [6.45, 7) is 7.45. The van der Waals surface area contributed by atoms with Gasteiger partial charge in [-0.1, -0.05) is 60.2 Å². The third-order valence-corrected chi connectivity index (χ3v) is 7.05. The van der Waals surface area contributed by atoms with Crippen LogP contribution in [0.25, 0.3) is 0 Å². The van der Waals surface area contributed by atoms with Crippen molar-refractivity contribution in [2.45, 2.75) is 38.6 Å². The summed E-state index contributed by atoms with van der Waals surface area (Å²) in [5.74, 6) is -0.366. The van der Waals surface area contributed by atoms with E-state index in [9.17, 15) is 13.2 Å². The molecule has 0 heterocycles. The van der Waals surface area contributed by atoms with Crippen molar-refractivity contribution in [2.24, 2.45) is 0 Å². The highest BCUT2D eigenvalue weighted by Gasteiger charge is 2.28. The molecule has 6 heteroatoms. The second-order valence-corrected chi connectivity index (χ2v) is 9.62. The summed E-state index contributed by atoms with van der Waals surface area (Å²) < 4.78 is 28.0. The third-order valence-electron chi connectivity index (χ3n) is 5.27. The van der Waals surface area contributed by atoms with Gasteiger partial charge in [-0.15, -0.1) is 0 Å². The number of anilines is 1. The minimum Gasteiger partial charge on any atom is -0.348 e. The zero-order chi connectivity index (χ0) is 22.6. The van der Waals surface area contributed by atoms with Crippen LogP contribution in [0.2, 0.25) is 0 Å². The smallest absolute Gasteiger partial charge is 0.264 e. The zero-order valence-corrected chi connectivity index (χ0v) is 19.1. The SMILES string of the molecule is Cc1ccc([C@@H](C)NC(=O)CN(c2ccccc2C)S(=O)(=O)c2ccccc2)c(C)c1. The fraction of sp³-hybridized carbons (Fsp3) is 0.240. The van der Waals surface area contributed by atoms with Gasteiger partial charge in [-0.25, -0.2) is 8.42 Å². The van der Waals surface area contributed by atoms with Crippen LogP contribution in [0.3, 0.4) is 0 Å². The number of amides is 1. The predicted molar refractivity (Wildman–Crippen MR) is 125 cm³/mol. The van der Waals surface area contributed by atoms with E-state index in [4.69, 9.17) is 0 Å². The molecular formula is C25H28N2O3S. The number of nitrogens with zero attached hydrogens (tertiary/aromatic N) is 1. The molecule has 0 bridgehead atoms. The molecule has 0 spiro atoms. The number of aryl methyl sites for hydroxylation is 3. The molecule has 1 atom stereocenters. The zero-order valence-electron chi connectivity index (χ0n) is 18.3. The maximum absolute atomic E-state index is 13.4. The number of rotatable bonds is 7. The Kier molecular flexibility index (Phi) is 6.81. The second-order valence-electron chi connectivity index (χ2n) is 7.76. The number of carbonyl (C=O) groups excluding carboxylic acids is 1. The van der Waals surface area contributed by atoms with E-state index in [1.807, 2.05) is 52.0 Å². The van der Waals surface area contributed by atoms with Crippen LogP contribution in [-0.4, -0.2) is 20.9 Å². The van der Waals surface area contributed by atoms with Crippen molar-refractivity contribution in [3.8, 4) is 0 Å². The molecule has 1 N–H and O–H groups in total. The van der Waals surface area contributed by atoms with Gasteiger partial charge in [0.15, 0.2) is 0 Å². The summed E-state index contributed by atoms with van der Waals surface area (Å²) in [5.41, 5.74) is 4.50. The van der Waals surface area contributed by atoms with E-state index in [0.717, 1.165) is 22.3 Å². The number of hydrogen-bond donors (Lipinski definition) is 1. The highest BCUT2D eigenvalue weighted by Crippen LogP contribution is 2.27. The molecule has 3 aromatic rings. The van der Waals surface area contributed by atoms with Gasteiger partial charge in [0.2, 0.25) is 5.91 Å². The first kappa shape index (κ1) is 22.6. The van der Waals surface area contributed by atoms with Crippen LogP contribution >= 0.6 is 0 Å². The van der Waals surface area contributed by atoms with Crippen LogP contribution in [0.15, 0.2) is 77.7 Å². The Morgan fingerprint density at radius 3 is 2.19 bits per heavy atom. The lowest BCUT2D eigenvalue weighted by atomic mass is 10.0. The minimum absolute atomic E-state index is 0.147. The second kappa shape index (κ2) is 9.35. The van der Waals surface area contributed by atoms with E-state index in [1.54, 1.807) is 30.3 Å². The molecule has 0 unspecified atom stereocenters. The minimum atomic E-state index is -3.91. The lowest BCUT2D eigenvalue weighted by molar-refractivity contribution is -0.120. The summed E-state index contributed by atoms with van der Waals surface area (Å²) in [6.07, 6.45) is 0. The normalized spacial score (nSPS) is 12.3. The summed E-state index contributed by atoms with van der Waals surface area (Å²) in [4.78, 5) is 13.1. The molecular weight excluding hydrogens is 408 g/mol. The number of carbonyl (C=O) groups is 1. The molecule has 5 nitrogen and oxygen atoms in total. The van der Waals surface area contributed by atoms with E-state index in [-0.39, 0.29) is 23.4 Å². The first-order valence-corrected chi connectivity index (χ1v) is 11.6. The average Bonchev–Trinajstić information content (AvgIpc) is 2.73. The largest absolute Gasteiger partial charge is 0.348 e. The Morgan fingerprint density at radius 1 is 0.903 bits per heavy atom. The Hall–Kier alpha value is -3.12. The number of para-hydroxylation sites is 1. The van der Waals surface area contributed by atoms with Gasteiger partial charge in [0.1, 0.15) is 6.54 Å². The Bertz CT molecular complexity index is 1170. The van der Waals surface area contributed by atoms with Gasteiger partial charge < -0.3 is 5.32 Å². The van der Waals surface area contributed by atoms with Crippen molar-refractivity contribution in [1.29, 1.82) is 0 Å². The van der Waals surface area contributed by atoms with E-state index < -0.39 is 10.0 Å². The highest BCUT2D eigenvalue weighted by molar-refractivity contribution is 7.92. The fourth-order valence-electron chi connectivity index (χ4n) is 3.67. The standard InChI is InChI=1S/C25H28N2O3S/c1-18-14-15-23(20(3)16-18)21(4)26-25(28)17-27(24-13-9-8-10-19(24)2)31(29,30)22-11-6-5-7-12-22/h5-16,21H,17H2,1-4H3,(H,26,28)/t21-/m1/s1. The quantitative estimate of drug-likeness (QED) is 0.585. The Balaban J connectivity index is 1.90. The first-order chi connectivity index (χ1) is 14.7. The molecule has 0 radical (unpaired) electrons. The highest BCUT2D eigenvalue weighted by atomic mass is 32.2. The van der Waals surface area contributed by atoms with Crippen molar-refractivity contribution < 1.29 is 13.2 Å². The molecule has 0 aliphatic carbocycles. The molecule has 162 valence electrons. The third kappa shape index (κ3) is 5.14. The molecule has 0 aromatic heterocycles. The van der Waals surface area contributed by atoms with Gasteiger partial charge in [0.05, 0.1) is 16.6 Å². The van der Waals surface area contributed by atoms with Gasteiger partial charge in [-0.05, 0) is 62.6 Å². The molecule has 0 saturated carbocycles. The topological polar surface area (TPSA) is 66.5 Å². The molecule has 3 aromatic carbocycles. The van der Waals surface area contributed by atoms with Crippen molar-refractivity contribution in [3.05, 3.63) is 95.1 Å². The van der Waals surface area contributed by atoms with E-state index in [0.29, 0.717) is 5.69 Å². The summed E-state index contributed by atoms with van der Waals surface area (Å²) in [7, 11) is -3.91. The molecule has 0 saturated heterocycles. The predicted octanol–water partition coefficient (Wildman–Crippen LogP) is 4.68. The summed E-state index contributed by atoms with van der Waals surface area (Å²) in [6, 6.07) is 21.2. The Morgan fingerprint density at radius 2 is 1.55 bits per heavy atom. The van der Waals surface area contributed by atoms with Crippen molar-refractivity contribution >= 4 is 21.6 Å². The molecule has 31 heavy (non-hydrogen) atoms. The monoisotopic (exact) mass is 436 g/mol. The van der Waals surface area contributed by atoms with Gasteiger partial charge in [0.25, 0.3) is 10.0 Å². The first-order valence-electron chi connectivity index (χ1n) is 10.2. The van der Waals surface area contributed by atoms with Crippen LogP contribution in [0.4, 0.5) is 5.69 Å². The molecule has 1 amide bonds. The van der Waals surface area contributed by atoms with Crippen LogP contribution in [0.5, 0.6) is 0 Å². The fourth-order valence-corrected chi connectivity index (χ4v) is 5.18. The van der Waals surface area contributed by atoms with Gasteiger partial charge in [0, 0.05) is 0 Å². The number of sulfonamides is 1. The number of hydrogen-bond acceptors (Lipinski definition) is 3. The van der Waals surface area contributed by atoms with Gasteiger partial charge >= 0.3 is 0 Å². The number of nitrogens with one attached hydrogen (secondary N) is 1. The molecule has 0 fully saturated rings. The van der Waals surface area contributed by atoms with Gasteiger partial charge in [-0.3, -0.25) is 9.10 Å². The van der Waals surface area contributed by atoms with Crippen LogP contribution < -0.4 is 9.62 Å². The average molecular weight is 437 g/mol. The maximum atomic E-state index is 13.4. The van der Waals surface area contributed by atoms with Crippen molar-refractivity contribution in [2.75, 3.05) is 10.8 Å². The van der Waals surface area contributed by atoms with E-state index >= 15 is 0 Å². The lowest BCUT2D eigenvalue weighted by Gasteiger charge is -2.26. The van der Waals surface area contributed by atoms with Gasteiger partial charge in [-0.2, -0.15) is 0 Å². The van der Waals surface area contributed by atoms with E-state index in [2.05, 4.69) is 11.4 Å². The van der Waals surface area contributed by atoms with Crippen LogP contribution in [0, 0.1) is 20.8 Å². The molecule has 0 aliphatic heterocycles. The van der Waals surface area contributed by atoms with Crippen molar-refractivity contribution in [3.63, 3.8) is 0 Å². The maximum Gasteiger partial charge on any atom is 0.264 e. The van der Waals surface area contributed by atoms with E-state index in [1.165, 1.54) is 16.4 Å². The van der Waals surface area contributed by atoms with Crippen LogP contribution in [0.1, 0.15) is 35.2 Å². The summed E-state index contributed by atoms with van der Waals surface area (Å²) >= 11 is 0. The van der Waals surface area contributed by atoms with Crippen molar-refractivity contribution in [1.82, 2.24) is 5.32 Å². The Labute approximate surface area is 184 Å². The summed E-state index contributed by atoms with van der Waals surface area (Å²) in [5, 5.41) is 2.95.